The first-order valence-corrected chi connectivity index (χ1v) is 6.65. The van der Waals surface area contributed by atoms with Gasteiger partial charge in [0.1, 0.15) is 6.04 Å². The van der Waals surface area contributed by atoms with Crippen molar-refractivity contribution in [3.8, 4) is 0 Å². The number of aliphatic carboxylic acids is 1. The van der Waals surface area contributed by atoms with Gasteiger partial charge in [-0.25, -0.2) is 0 Å². The molecule has 19 heavy (non-hydrogen) atoms. The summed E-state index contributed by atoms with van der Waals surface area (Å²) < 4.78 is 0.647. The second kappa shape index (κ2) is 8.01. The second-order valence-corrected chi connectivity index (χ2v) is 4.97. The predicted octanol–water partition coefficient (Wildman–Crippen LogP) is 3.52. The van der Waals surface area contributed by atoms with Crippen LogP contribution in [0.1, 0.15) is 18.0 Å². The molecule has 0 aromatic heterocycles. The molecule has 0 aliphatic rings. The summed E-state index contributed by atoms with van der Waals surface area (Å²) >= 11 is 9.12. The van der Waals surface area contributed by atoms with Crippen molar-refractivity contribution in [2.45, 2.75) is 12.5 Å². The Balaban J connectivity index is 2.69. The van der Waals surface area contributed by atoms with Gasteiger partial charge >= 0.3 is 5.97 Å². The molecule has 0 aliphatic heterocycles. The van der Waals surface area contributed by atoms with Crippen LogP contribution in [0.5, 0.6) is 0 Å². The van der Waals surface area contributed by atoms with E-state index in [4.69, 9.17) is 17.1 Å². The Morgan fingerprint density at radius 1 is 1.63 bits per heavy atom. The molecular weight excluding hydrogens is 336 g/mol. The average molecular weight is 348 g/mol. The second-order valence-electron chi connectivity index (χ2n) is 3.71. The highest BCUT2D eigenvalue weighted by Crippen LogP contribution is 2.26. The summed E-state index contributed by atoms with van der Waals surface area (Å²) in [4.78, 5) is 13.9. The first-order valence-electron chi connectivity index (χ1n) is 5.48. The monoisotopic (exact) mass is 346 g/mol. The van der Waals surface area contributed by atoms with Crippen LogP contribution in [0.15, 0.2) is 27.8 Å². The molecular formula is C11H12BrClN4O2. The van der Waals surface area contributed by atoms with E-state index in [0.29, 0.717) is 34.6 Å². The Bertz CT molecular complexity index is 505. The standard InChI is InChI=1S/C11H12BrClN4O2/c12-8-6-7(2-3-9(8)13)10(11(18)19)15-4-1-5-16-17-14/h2-3,6,10,15H,1,4-5H2,(H,18,19). The summed E-state index contributed by atoms with van der Waals surface area (Å²) in [5.74, 6) is -0.974. The molecule has 0 amide bonds. The lowest BCUT2D eigenvalue weighted by molar-refractivity contribution is -0.139. The maximum Gasteiger partial charge on any atom is 0.325 e. The van der Waals surface area contributed by atoms with Crippen LogP contribution in [0.4, 0.5) is 0 Å². The van der Waals surface area contributed by atoms with Gasteiger partial charge in [0.2, 0.25) is 0 Å². The number of carboxylic acid groups (broad SMARTS) is 1. The van der Waals surface area contributed by atoms with Crippen molar-refractivity contribution in [2.75, 3.05) is 13.1 Å². The summed E-state index contributed by atoms with van der Waals surface area (Å²) in [6.45, 7) is 0.774. The van der Waals surface area contributed by atoms with E-state index in [9.17, 15) is 9.90 Å². The zero-order valence-corrected chi connectivity index (χ0v) is 12.2. The van der Waals surface area contributed by atoms with E-state index >= 15 is 0 Å². The highest BCUT2D eigenvalue weighted by Gasteiger charge is 2.19. The van der Waals surface area contributed by atoms with Crippen LogP contribution in [-0.2, 0) is 4.79 Å². The smallest absolute Gasteiger partial charge is 0.325 e. The summed E-state index contributed by atoms with van der Waals surface area (Å²) in [5, 5.41) is 16.0. The Hall–Kier alpha value is -1.27. The molecule has 1 unspecified atom stereocenters. The van der Waals surface area contributed by atoms with Crippen LogP contribution < -0.4 is 5.32 Å². The number of hydrogen-bond acceptors (Lipinski definition) is 3. The molecule has 0 saturated heterocycles. The van der Waals surface area contributed by atoms with Gasteiger partial charge in [-0.05, 0) is 52.1 Å². The van der Waals surface area contributed by atoms with Gasteiger partial charge in [-0.2, -0.15) is 0 Å². The first kappa shape index (κ1) is 15.8. The number of carbonyl (C=O) groups is 1. The lowest BCUT2D eigenvalue weighted by Gasteiger charge is -2.15. The number of halogens is 2. The molecule has 0 radical (unpaired) electrons. The van der Waals surface area contributed by atoms with E-state index < -0.39 is 12.0 Å². The van der Waals surface area contributed by atoms with Crippen LogP contribution in [0.25, 0.3) is 10.4 Å². The predicted molar refractivity (Wildman–Crippen MR) is 76.2 cm³/mol. The number of hydrogen-bond donors (Lipinski definition) is 2. The van der Waals surface area contributed by atoms with Crippen LogP contribution in [0, 0.1) is 0 Å². The Labute approximate surface area is 123 Å². The van der Waals surface area contributed by atoms with Crippen molar-refractivity contribution < 1.29 is 9.90 Å². The third-order valence-corrected chi connectivity index (χ3v) is 3.58. The minimum Gasteiger partial charge on any atom is -0.480 e. The molecule has 0 bridgehead atoms. The fourth-order valence-corrected chi connectivity index (χ4v) is 1.99. The van der Waals surface area contributed by atoms with E-state index in [-0.39, 0.29) is 0 Å². The SMILES string of the molecule is [N-]=[N+]=NCCCNC(C(=O)O)c1ccc(Cl)c(Br)c1. The quantitative estimate of drug-likeness (QED) is 0.342. The zero-order valence-electron chi connectivity index (χ0n) is 9.88. The summed E-state index contributed by atoms with van der Waals surface area (Å²) in [7, 11) is 0. The number of azide groups is 1. The molecule has 1 aromatic rings. The molecule has 0 spiro atoms. The molecule has 1 rings (SSSR count). The number of benzene rings is 1. The highest BCUT2D eigenvalue weighted by atomic mass is 79.9. The van der Waals surface area contributed by atoms with Gasteiger partial charge in [0.15, 0.2) is 0 Å². The molecule has 8 heteroatoms. The summed E-state index contributed by atoms with van der Waals surface area (Å²) in [6, 6.07) is 4.14. The van der Waals surface area contributed by atoms with E-state index in [0.717, 1.165) is 0 Å². The van der Waals surface area contributed by atoms with E-state index in [1.807, 2.05) is 0 Å². The Kier molecular flexibility index (Phi) is 6.66. The average Bonchev–Trinajstić information content (AvgIpc) is 2.37. The molecule has 1 atom stereocenters. The van der Waals surface area contributed by atoms with Crippen LogP contribution in [0.3, 0.4) is 0 Å². The molecule has 1 aromatic carbocycles. The van der Waals surface area contributed by atoms with Crippen molar-refractivity contribution in [3.05, 3.63) is 43.7 Å². The third kappa shape index (κ3) is 5.08. The van der Waals surface area contributed by atoms with Crippen LogP contribution in [0.2, 0.25) is 5.02 Å². The summed E-state index contributed by atoms with van der Waals surface area (Å²) in [6.07, 6.45) is 0.572. The number of nitrogens with one attached hydrogen (secondary N) is 1. The Morgan fingerprint density at radius 3 is 2.95 bits per heavy atom. The molecule has 0 aliphatic carbocycles. The molecule has 0 fully saturated rings. The van der Waals surface area contributed by atoms with Gasteiger partial charge in [-0.15, -0.1) is 0 Å². The molecule has 6 nitrogen and oxygen atoms in total. The summed E-state index contributed by atoms with van der Waals surface area (Å²) in [5.41, 5.74) is 8.73. The molecule has 2 N–H and O–H groups in total. The van der Waals surface area contributed by atoms with Crippen molar-refractivity contribution in [2.24, 2.45) is 5.11 Å². The van der Waals surface area contributed by atoms with Crippen molar-refractivity contribution in [1.29, 1.82) is 0 Å². The fraction of sp³-hybridized carbons (Fsp3) is 0.364. The minimum atomic E-state index is -0.974. The van der Waals surface area contributed by atoms with Gasteiger partial charge in [-0.1, -0.05) is 22.8 Å². The van der Waals surface area contributed by atoms with Gasteiger partial charge in [0, 0.05) is 15.9 Å². The molecule has 0 saturated carbocycles. The maximum atomic E-state index is 11.2. The van der Waals surface area contributed by atoms with Gasteiger partial charge in [-0.3, -0.25) is 4.79 Å². The van der Waals surface area contributed by atoms with E-state index in [1.165, 1.54) is 0 Å². The Morgan fingerprint density at radius 2 is 2.37 bits per heavy atom. The highest BCUT2D eigenvalue weighted by molar-refractivity contribution is 9.10. The van der Waals surface area contributed by atoms with Crippen molar-refractivity contribution >= 4 is 33.5 Å². The maximum absolute atomic E-state index is 11.2. The number of nitrogens with zero attached hydrogens (tertiary/aromatic N) is 3. The van der Waals surface area contributed by atoms with Crippen molar-refractivity contribution in [1.82, 2.24) is 5.32 Å². The third-order valence-electron chi connectivity index (χ3n) is 2.37. The van der Waals surface area contributed by atoms with Crippen LogP contribution in [-0.4, -0.2) is 24.2 Å². The molecule has 0 heterocycles. The largest absolute Gasteiger partial charge is 0.480 e. The van der Waals surface area contributed by atoms with E-state index in [2.05, 4.69) is 31.3 Å². The van der Waals surface area contributed by atoms with Crippen molar-refractivity contribution in [3.63, 3.8) is 0 Å². The lowest BCUT2D eigenvalue weighted by atomic mass is 10.1. The van der Waals surface area contributed by atoms with Gasteiger partial charge in [0.05, 0.1) is 5.02 Å². The normalized spacial score (nSPS) is 11.7. The van der Waals surface area contributed by atoms with Gasteiger partial charge in [0.25, 0.3) is 0 Å². The molecule has 102 valence electrons. The first-order chi connectivity index (χ1) is 9.06. The minimum absolute atomic E-state index is 0.333. The fourth-order valence-electron chi connectivity index (χ4n) is 1.48. The lowest BCUT2D eigenvalue weighted by Crippen LogP contribution is -2.29. The number of rotatable bonds is 7. The van der Waals surface area contributed by atoms with Crippen LogP contribution >= 0.6 is 27.5 Å². The van der Waals surface area contributed by atoms with Gasteiger partial charge < -0.3 is 10.4 Å². The van der Waals surface area contributed by atoms with E-state index in [1.54, 1.807) is 18.2 Å². The topological polar surface area (TPSA) is 98.1 Å². The zero-order chi connectivity index (χ0) is 14.3. The number of carboxylic acids is 1.